The zero-order chi connectivity index (χ0) is 33.5. The minimum Gasteiger partial charge on any atom is -0.744 e. The Morgan fingerprint density at radius 2 is 1.40 bits per heavy atom. The van der Waals surface area contributed by atoms with E-state index >= 15 is 0 Å². The fourth-order valence-electron chi connectivity index (χ4n) is 4.18. The van der Waals surface area contributed by atoms with Crippen molar-refractivity contribution >= 4 is 85.0 Å². The number of amides is 1. The van der Waals surface area contributed by atoms with Gasteiger partial charge >= 0.3 is 88.7 Å². The number of azo groups is 1. The molecule has 0 aliphatic rings. The number of nitrogens with zero attached hydrogens (tertiary/aromatic N) is 2. The number of benzene rings is 4. The summed E-state index contributed by atoms with van der Waals surface area (Å²) in [7, 11) is -20.1. The Balaban J connectivity index is 0.00000384. The van der Waals surface area contributed by atoms with E-state index < -0.39 is 90.6 Å². The van der Waals surface area contributed by atoms with Crippen molar-refractivity contribution in [1.82, 2.24) is 0 Å². The molecule has 0 aliphatic heterocycles. The van der Waals surface area contributed by atoms with Gasteiger partial charge in [0.25, 0.3) is 0 Å². The zero-order valence-electron chi connectivity index (χ0n) is 25.4. The Kier molecular flexibility index (Phi) is 15.9. The normalized spacial score (nSPS) is 12.2. The van der Waals surface area contributed by atoms with Crippen LogP contribution in [-0.4, -0.2) is 70.7 Å². The molecule has 4 aromatic rings. The molecule has 0 unspecified atom stereocenters. The molecule has 240 valence electrons. The van der Waals surface area contributed by atoms with Gasteiger partial charge in [0.1, 0.15) is 31.6 Å². The van der Waals surface area contributed by atoms with E-state index in [-0.39, 0.29) is 116 Å². The van der Waals surface area contributed by atoms with Gasteiger partial charge in [-0.3, -0.25) is 8.98 Å². The van der Waals surface area contributed by atoms with E-state index in [1.54, 1.807) is 0 Å². The number of carbonyl (C=O) groups is 1. The Morgan fingerprint density at radius 3 is 1.96 bits per heavy atom. The van der Waals surface area contributed by atoms with Gasteiger partial charge in [-0.05, 0) is 47.2 Å². The van der Waals surface area contributed by atoms with Crippen LogP contribution < -0.4 is 94.0 Å². The van der Waals surface area contributed by atoms with Crippen molar-refractivity contribution < 1.29 is 150 Å². The van der Waals surface area contributed by atoms with Crippen LogP contribution in [0.5, 0.6) is 5.75 Å². The van der Waals surface area contributed by atoms with E-state index in [4.69, 9.17) is 0 Å². The molecule has 24 heteroatoms. The first-order chi connectivity index (χ1) is 20.7. The molecule has 0 heterocycles. The molecular formula is C24H18N3Na3O14S4. The minimum absolute atomic E-state index is 0. The van der Waals surface area contributed by atoms with Crippen LogP contribution in [0.2, 0.25) is 0 Å². The Labute approximate surface area is 340 Å². The van der Waals surface area contributed by atoms with Crippen molar-refractivity contribution in [2.24, 2.45) is 10.2 Å². The van der Waals surface area contributed by atoms with Crippen LogP contribution in [0.3, 0.4) is 0 Å². The van der Waals surface area contributed by atoms with Gasteiger partial charge in [-0.2, -0.15) is 0 Å². The van der Waals surface area contributed by atoms with Gasteiger partial charge in [-0.1, -0.05) is 18.2 Å². The van der Waals surface area contributed by atoms with Gasteiger partial charge < -0.3 is 24.1 Å². The molecule has 17 nitrogen and oxygen atoms in total. The molecule has 0 aromatic heterocycles. The maximum Gasteiger partial charge on any atom is 1.00 e. The summed E-state index contributed by atoms with van der Waals surface area (Å²) in [6.45, 7) is 0.214. The monoisotopic (exact) mass is 769 g/mol. The van der Waals surface area contributed by atoms with Gasteiger partial charge in [-0.15, -0.1) is 10.2 Å². The largest absolute Gasteiger partial charge is 1.00 e. The number of fused-ring (bicyclic) bond motifs is 2. The van der Waals surface area contributed by atoms with Crippen molar-refractivity contribution in [3.8, 4) is 5.75 Å². The van der Waals surface area contributed by atoms with Gasteiger partial charge in [0.2, 0.25) is 16.3 Å². The van der Waals surface area contributed by atoms with Crippen LogP contribution in [-0.2, 0) is 49.5 Å². The second-order valence-electron chi connectivity index (χ2n) is 9.14. The number of phenolic OH excluding ortho intramolecular Hbond substituents is 1. The molecule has 0 aliphatic carbocycles. The summed E-state index contributed by atoms with van der Waals surface area (Å²) in [6.07, 6.45) is 0. The molecule has 0 bridgehead atoms. The van der Waals surface area contributed by atoms with Crippen molar-refractivity contribution in [1.29, 1.82) is 0 Å². The summed E-state index contributed by atoms with van der Waals surface area (Å²) in [5, 5.41) is 20.1. The third-order valence-electron chi connectivity index (χ3n) is 6.01. The Hall–Kier alpha value is -1.09. The van der Waals surface area contributed by atoms with Gasteiger partial charge in [0.15, 0.2) is 15.6 Å². The second-order valence-corrected chi connectivity index (χ2v) is 15.0. The van der Waals surface area contributed by atoms with Crippen molar-refractivity contribution in [2.75, 3.05) is 17.7 Å². The standard InChI is InChI=1S/C24H21N3O14S4.3Na/c1-13(28)25-16-4-2-15-11-21(43(32,33)34)22(23(29)19(15)12-16)27-26-20-7-3-14-10-17(5-6-18(14)24(20)44(35,36)37)42(30,31)9-8-41-45(38,39)40;;;/h2-7,10-12,29H,8-9H2,1H3,(H,25,28)(H,32,33,34)(H,35,36,37)(H,38,39,40);;;/q;3*+1/p-3. The first-order valence-electron chi connectivity index (χ1n) is 12.0. The summed E-state index contributed by atoms with van der Waals surface area (Å²) in [5.41, 5.74) is -1.40. The molecular weight excluding hydrogens is 752 g/mol. The number of anilines is 1. The van der Waals surface area contributed by atoms with Gasteiger partial charge in [0.05, 0.1) is 27.0 Å². The number of nitrogens with one attached hydrogen (secondary N) is 1. The topological polar surface area (TPSA) is 289 Å². The first-order valence-corrected chi connectivity index (χ1v) is 17.8. The van der Waals surface area contributed by atoms with Crippen LogP contribution >= 0.6 is 0 Å². The van der Waals surface area contributed by atoms with E-state index in [2.05, 4.69) is 19.7 Å². The fourth-order valence-corrected chi connectivity index (χ4v) is 7.16. The maximum atomic E-state index is 12.6. The summed E-state index contributed by atoms with van der Waals surface area (Å²) in [6, 6.07) is 9.60. The molecule has 0 saturated carbocycles. The van der Waals surface area contributed by atoms with Crippen molar-refractivity contribution in [3.05, 3.63) is 54.6 Å². The van der Waals surface area contributed by atoms with Crippen molar-refractivity contribution in [2.45, 2.75) is 21.6 Å². The Bertz CT molecular complexity index is 2370. The predicted molar refractivity (Wildman–Crippen MR) is 152 cm³/mol. The number of phenols is 1. The number of rotatable bonds is 10. The minimum atomic E-state index is -5.40. The smallest absolute Gasteiger partial charge is 0.744 e. The van der Waals surface area contributed by atoms with Gasteiger partial charge in [0, 0.05) is 23.4 Å². The molecule has 0 saturated heterocycles. The zero-order valence-corrected chi connectivity index (χ0v) is 34.7. The summed E-state index contributed by atoms with van der Waals surface area (Å²) in [4.78, 5) is 8.92. The first kappa shape index (κ1) is 44.9. The number of aromatic hydroxyl groups is 1. The van der Waals surface area contributed by atoms with Crippen LogP contribution in [0, 0.1) is 0 Å². The van der Waals surface area contributed by atoms with E-state index in [1.807, 2.05) is 0 Å². The van der Waals surface area contributed by atoms with Gasteiger partial charge in [-0.25, -0.2) is 33.7 Å². The van der Waals surface area contributed by atoms with Crippen molar-refractivity contribution in [3.63, 3.8) is 0 Å². The molecule has 4 aromatic carbocycles. The molecule has 2 N–H and O–H groups in total. The third-order valence-corrected chi connectivity index (χ3v) is 9.92. The maximum absolute atomic E-state index is 12.6. The molecule has 0 spiro atoms. The van der Waals surface area contributed by atoms with Crippen LogP contribution in [0.4, 0.5) is 17.1 Å². The van der Waals surface area contributed by atoms with E-state index in [0.717, 1.165) is 36.4 Å². The predicted octanol–water partition coefficient (Wildman–Crippen LogP) is -6.86. The molecule has 0 fully saturated rings. The third kappa shape index (κ3) is 11.0. The van der Waals surface area contributed by atoms with E-state index in [1.165, 1.54) is 25.1 Å². The summed E-state index contributed by atoms with van der Waals surface area (Å²) < 4.78 is 134. The molecule has 0 radical (unpaired) electrons. The van der Waals surface area contributed by atoms with Crippen LogP contribution in [0.15, 0.2) is 79.5 Å². The molecule has 0 atom stereocenters. The number of carbonyl (C=O) groups excluding carboxylic acids is 1. The number of hydrogen-bond acceptors (Lipinski definition) is 16. The fraction of sp³-hybridized carbons (Fsp3) is 0.125. The quantitative estimate of drug-likeness (QED) is 0.0656. The SMILES string of the molecule is CC(=O)Nc1ccc2cc(S(=O)(=O)[O-])c(N=Nc3ccc4cc(S(=O)(=O)CCOS(=O)(=O)[O-])ccc4c3S(=O)(=O)[O-])c(O)c2c1.[Na+].[Na+].[Na+]. The molecule has 4 rings (SSSR count). The average molecular weight is 770 g/mol. The average Bonchev–Trinajstić information content (AvgIpc) is 2.89. The van der Waals surface area contributed by atoms with Crippen LogP contribution in [0.25, 0.3) is 21.5 Å². The van der Waals surface area contributed by atoms with Crippen LogP contribution in [0.1, 0.15) is 6.92 Å². The summed E-state index contributed by atoms with van der Waals surface area (Å²) in [5.74, 6) is -2.29. The molecule has 1 amide bonds. The molecule has 48 heavy (non-hydrogen) atoms. The number of hydrogen-bond donors (Lipinski definition) is 2. The second kappa shape index (κ2) is 17.0. The Morgan fingerprint density at radius 1 is 0.792 bits per heavy atom. The number of sulfone groups is 1. The van der Waals surface area contributed by atoms with E-state index in [9.17, 15) is 57.2 Å². The van der Waals surface area contributed by atoms with E-state index in [0.29, 0.717) is 0 Å². The summed E-state index contributed by atoms with van der Waals surface area (Å²) >= 11 is 0.